The molecule has 0 saturated carbocycles. The van der Waals surface area contributed by atoms with Crippen LogP contribution in [-0.2, 0) is 25.5 Å². The van der Waals surface area contributed by atoms with E-state index in [-0.39, 0.29) is 17.1 Å². The number of methoxy groups -OCH3 is 1. The van der Waals surface area contributed by atoms with Gasteiger partial charge in [-0.1, -0.05) is 30.3 Å². The fraction of sp³-hybridized carbons (Fsp3) is 0.318. The maximum absolute atomic E-state index is 12.5. The molecular formula is C22H20O10. The third kappa shape index (κ3) is 4.82. The standard InChI is InChI=1S/C22H20O10/c1-30-13-7-14(31-19(26)9-13)8-15(23)20(27)17-10-18(25)22(29,21(28)32-17)11-16(24)12-5-3-2-4-6-12/h2-7,9,17,20,27,29H,8,10-11H2,1H3. The number of aliphatic hydroxyl groups is 2. The van der Waals surface area contributed by atoms with Crippen molar-refractivity contribution >= 4 is 23.3 Å². The van der Waals surface area contributed by atoms with E-state index in [2.05, 4.69) is 0 Å². The Morgan fingerprint density at radius 1 is 1.19 bits per heavy atom. The van der Waals surface area contributed by atoms with Crippen LogP contribution in [0.3, 0.4) is 0 Å². The zero-order valence-electron chi connectivity index (χ0n) is 17.0. The van der Waals surface area contributed by atoms with Gasteiger partial charge in [0.1, 0.15) is 23.7 Å². The molecule has 0 radical (unpaired) electrons. The van der Waals surface area contributed by atoms with Gasteiger partial charge in [0.2, 0.25) is 5.60 Å². The highest BCUT2D eigenvalue weighted by atomic mass is 16.6. The lowest BCUT2D eigenvalue weighted by Crippen LogP contribution is -2.58. The first kappa shape index (κ1) is 23.0. The van der Waals surface area contributed by atoms with E-state index in [1.807, 2.05) is 0 Å². The minimum atomic E-state index is -2.72. The SMILES string of the molecule is COc1cc(CC(=O)C(O)C2CC(=O)C(O)(CC(=O)c3ccccc3)C(=O)O2)oc(=O)c1. The number of aliphatic hydroxyl groups excluding tert-OH is 1. The van der Waals surface area contributed by atoms with Crippen LogP contribution in [0.2, 0.25) is 0 Å². The van der Waals surface area contributed by atoms with E-state index in [0.717, 1.165) is 6.07 Å². The van der Waals surface area contributed by atoms with Gasteiger partial charge in [0.15, 0.2) is 17.3 Å². The Kier molecular flexibility index (Phi) is 6.66. The van der Waals surface area contributed by atoms with E-state index in [1.54, 1.807) is 18.2 Å². The molecule has 10 nitrogen and oxygen atoms in total. The zero-order chi connectivity index (χ0) is 23.5. The smallest absolute Gasteiger partial charge is 0.346 e. The summed E-state index contributed by atoms with van der Waals surface area (Å²) in [5.41, 5.74) is -3.29. The molecule has 32 heavy (non-hydrogen) atoms. The lowest BCUT2D eigenvalue weighted by Gasteiger charge is -2.34. The number of ether oxygens (including phenoxy) is 2. The van der Waals surface area contributed by atoms with Crippen LogP contribution < -0.4 is 10.4 Å². The van der Waals surface area contributed by atoms with Gasteiger partial charge in [-0.3, -0.25) is 14.4 Å². The van der Waals surface area contributed by atoms with E-state index in [9.17, 15) is 34.2 Å². The molecule has 1 aromatic heterocycles. The Morgan fingerprint density at radius 2 is 1.88 bits per heavy atom. The molecule has 3 atom stereocenters. The molecule has 0 amide bonds. The predicted octanol–water partition coefficient (Wildman–Crippen LogP) is 0.00960. The molecule has 1 aliphatic rings. The second-order valence-electron chi connectivity index (χ2n) is 7.27. The highest BCUT2D eigenvalue weighted by Gasteiger charge is 2.53. The van der Waals surface area contributed by atoms with Crippen LogP contribution in [0.1, 0.15) is 29.0 Å². The van der Waals surface area contributed by atoms with E-state index in [0.29, 0.717) is 0 Å². The number of rotatable bonds is 8. The van der Waals surface area contributed by atoms with Crippen LogP contribution in [0, 0.1) is 0 Å². The van der Waals surface area contributed by atoms with Crippen LogP contribution in [0.15, 0.2) is 51.7 Å². The third-order valence-electron chi connectivity index (χ3n) is 5.02. The first-order chi connectivity index (χ1) is 15.1. The number of Topliss-reactive ketones (excluding diaryl/α,β-unsaturated/α-hetero) is 3. The molecular weight excluding hydrogens is 424 g/mol. The van der Waals surface area contributed by atoms with Gasteiger partial charge in [-0.2, -0.15) is 0 Å². The van der Waals surface area contributed by atoms with Crippen LogP contribution in [0.4, 0.5) is 0 Å². The summed E-state index contributed by atoms with van der Waals surface area (Å²) in [5, 5.41) is 20.8. The summed E-state index contributed by atoms with van der Waals surface area (Å²) in [6, 6.07) is 10.1. The number of carbonyl (C=O) groups excluding carboxylic acids is 4. The molecule has 1 aliphatic heterocycles. The topological polar surface area (TPSA) is 157 Å². The van der Waals surface area contributed by atoms with Gasteiger partial charge in [-0.05, 0) is 0 Å². The molecule has 10 heteroatoms. The van der Waals surface area contributed by atoms with Crippen LogP contribution in [0.25, 0.3) is 0 Å². The van der Waals surface area contributed by atoms with Crippen molar-refractivity contribution in [1.29, 1.82) is 0 Å². The summed E-state index contributed by atoms with van der Waals surface area (Å²) in [7, 11) is 1.31. The average Bonchev–Trinajstić information content (AvgIpc) is 2.77. The van der Waals surface area contributed by atoms with Crippen molar-refractivity contribution in [3.05, 3.63) is 64.2 Å². The minimum Gasteiger partial charge on any atom is -0.496 e. The van der Waals surface area contributed by atoms with E-state index in [4.69, 9.17) is 13.9 Å². The molecule has 1 saturated heterocycles. The highest BCUT2D eigenvalue weighted by Crippen LogP contribution is 2.28. The Hall–Kier alpha value is -3.63. The van der Waals surface area contributed by atoms with E-state index < -0.39 is 66.0 Å². The van der Waals surface area contributed by atoms with Gasteiger partial charge in [-0.25, -0.2) is 9.59 Å². The molecule has 2 aromatic rings. The molecule has 3 rings (SSSR count). The first-order valence-corrected chi connectivity index (χ1v) is 9.58. The molecule has 2 N–H and O–H groups in total. The second kappa shape index (κ2) is 9.25. The van der Waals surface area contributed by atoms with Gasteiger partial charge in [0, 0.05) is 11.6 Å². The fourth-order valence-electron chi connectivity index (χ4n) is 3.24. The summed E-state index contributed by atoms with van der Waals surface area (Å²) in [4.78, 5) is 61.1. The monoisotopic (exact) mass is 444 g/mol. The van der Waals surface area contributed by atoms with Crippen LogP contribution in [0.5, 0.6) is 5.75 Å². The molecule has 1 fully saturated rings. The highest BCUT2D eigenvalue weighted by molar-refractivity contribution is 6.14. The number of hydrogen-bond donors (Lipinski definition) is 2. The largest absolute Gasteiger partial charge is 0.496 e. The lowest BCUT2D eigenvalue weighted by atomic mass is 9.84. The van der Waals surface area contributed by atoms with Gasteiger partial charge >= 0.3 is 11.6 Å². The Bertz CT molecular complexity index is 1080. The number of carbonyl (C=O) groups is 4. The quantitative estimate of drug-likeness (QED) is 0.323. The summed E-state index contributed by atoms with van der Waals surface area (Å²) in [5.74, 6) is -3.98. The zero-order valence-corrected chi connectivity index (χ0v) is 17.0. The Balaban J connectivity index is 1.69. The van der Waals surface area contributed by atoms with Crippen molar-refractivity contribution in [3.63, 3.8) is 0 Å². The normalized spacial score (nSPS) is 21.5. The summed E-state index contributed by atoms with van der Waals surface area (Å²) < 4.78 is 14.7. The molecule has 0 bridgehead atoms. The molecule has 3 unspecified atom stereocenters. The Morgan fingerprint density at radius 3 is 2.50 bits per heavy atom. The minimum absolute atomic E-state index is 0.100. The molecule has 2 heterocycles. The molecule has 0 spiro atoms. The van der Waals surface area contributed by atoms with Crippen LogP contribution >= 0.6 is 0 Å². The Labute approximate surface area is 181 Å². The molecule has 1 aromatic carbocycles. The molecule has 0 aliphatic carbocycles. The second-order valence-corrected chi connectivity index (χ2v) is 7.27. The van der Waals surface area contributed by atoms with Crippen molar-refractivity contribution in [3.8, 4) is 5.75 Å². The van der Waals surface area contributed by atoms with E-state index >= 15 is 0 Å². The lowest BCUT2D eigenvalue weighted by molar-refractivity contribution is -0.191. The summed E-state index contributed by atoms with van der Waals surface area (Å²) in [6.07, 6.45) is -5.53. The van der Waals surface area contributed by atoms with Crippen LogP contribution in [-0.4, -0.2) is 58.5 Å². The number of hydrogen-bond acceptors (Lipinski definition) is 10. The maximum atomic E-state index is 12.5. The predicted molar refractivity (Wildman–Crippen MR) is 106 cm³/mol. The molecule has 168 valence electrons. The van der Waals surface area contributed by atoms with Crippen molar-refractivity contribution in [2.75, 3.05) is 7.11 Å². The summed E-state index contributed by atoms with van der Waals surface area (Å²) >= 11 is 0. The van der Waals surface area contributed by atoms with Crippen molar-refractivity contribution in [2.24, 2.45) is 0 Å². The first-order valence-electron chi connectivity index (χ1n) is 9.58. The third-order valence-corrected chi connectivity index (χ3v) is 5.02. The van der Waals surface area contributed by atoms with Crippen molar-refractivity contribution in [1.82, 2.24) is 0 Å². The van der Waals surface area contributed by atoms with Gasteiger partial charge in [-0.15, -0.1) is 0 Å². The fourth-order valence-corrected chi connectivity index (χ4v) is 3.24. The number of esters is 1. The maximum Gasteiger partial charge on any atom is 0.346 e. The summed E-state index contributed by atoms with van der Waals surface area (Å²) in [6.45, 7) is 0. The van der Waals surface area contributed by atoms with Gasteiger partial charge < -0.3 is 24.1 Å². The van der Waals surface area contributed by atoms with Crippen molar-refractivity contribution < 1.29 is 43.3 Å². The van der Waals surface area contributed by atoms with E-state index in [1.165, 1.54) is 25.3 Å². The van der Waals surface area contributed by atoms with Crippen molar-refractivity contribution in [2.45, 2.75) is 37.1 Å². The van der Waals surface area contributed by atoms with Gasteiger partial charge in [0.25, 0.3) is 0 Å². The number of cyclic esters (lactones) is 1. The average molecular weight is 444 g/mol. The number of ketones is 3. The van der Waals surface area contributed by atoms with Gasteiger partial charge in [0.05, 0.1) is 32.4 Å². The number of benzene rings is 1.